The molecule has 0 radical (unpaired) electrons. The maximum absolute atomic E-state index is 12.1. The van der Waals surface area contributed by atoms with Crippen LogP contribution in [-0.2, 0) is 26.6 Å². The molecular weight excluding hydrogens is 296 g/mol. The molecule has 124 valence electrons. The molecule has 0 saturated heterocycles. The number of carbonyl (C=O) groups excluding carboxylic acids is 1. The summed E-state index contributed by atoms with van der Waals surface area (Å²) in [7, 11) is 1.84. The van der Waals surface area contributed by atoms with E-state index >= 15 is 0 Å². The lowest BCUT2D eigenvalue weighted by atomic mass is 10.2. The van der Waals surface area contributed by atoms with Crippen molar-refractivity contribution in [1.29, 1.82) is 0 Å². The van der Waals surface area contributed by atoms with Crippen molar-refractivity contribution in [1.82, 2.24) is 40.2 Å². The molecule has 0 saturated carbocycles. The van der Waals surface area contributed by atoms with Crippen LogP contribution in [0.4, 0.5) is 4.79 Å². The molecule has 2 aromatic heterocycles. The first kappa shape index (κ1) is 15.4. The van der Waals surface area contributed by atoms with Gasteiger partial charge in [-0.3, -0.25) is 0 Å². The van der Waals surface area contributed by atoms with Crippen molar-refractivity contribution in [2.75, 3.05) is 0 Å². The number of nitrogens with one attached hydrogen (secondary N) is 2. The summed E-state index contributed by atoms with van der Waals surface area (Å²) >= 11 is 0. The molecule has 9 heteroatoms. The molecule has 1 atom stereocenters. The maximum atomic E-state index is 12.1. The Kier molecular flexibility index (Phi) is 4.54. The summed E-state index contributed by atoms with van der Waals surface area (Å²) in [5, 5.41) is 21.9. The van der Waals surface area contributed by atoms with Gasteiger partial charge >= 0.3 is 6.03 Å². The summed E-state index contributed by atoms with van der Waals surface area (Å²) in [5.41, 5.74) is 0. The highest BCUT2D eigenvalue weighted by atomic mass is 16.2. The average Bonchev–Trinajstić information content (AvgIpc) is 3.04. The first-order valence-corrected chi connectivity index (χ1v) is 7.94. The Morgan fingerprint density at radius 1 is 1.30 bits per heavy atom. The van der Waals surface area contributed by atoms with E-state index in [1.54, 1.807) is 10.9 Å². The van der Waals surface area contributed by atoms with Gasteiger partial charge in [0.15, 0.2) is 11.6 Å². The predicted molar refractivity (Wildman–Crippen MR) is 82.4 cm³/mol. The fourth-order valence-corrected chi connectivity index (χ4v) is 2.83. The fraction of sp³-hybridized carbons (Fsp3) is 0.643. The largest absolute Gasteiger partial charge is 0.331 e. The third-order valence-corrected chi connectivity index (χ3v) is 4.07. The Labute approximate surface area is 134 Å². The lowest BCUT2D eigenvalue weighted by Gasteiger charge is -2.14. The number of amides is 2. The maximum Gasteiger partial charge on any atom is 0.315 e. The number of aromatic nitrogens is 6. The molecule has 2 N–H and O–H groups in total. The van der Waals surface area contributed by atoms with Crippen LogP contribution in [0.25, 0.3) is 0 Å². The first-order chi connectivity index (χ1) is 11.1. The summed E-state index contributed by atoms with van der Waals surface area (Å²) in [6, 6.07) is -0.482. The lowest BCUT2D eigenvalue weighted by Crippen LogP contribution is -2.38. The average molecular weight is 318 g/mol. The molecular formula is C14H22N8O. The van der Waals surface area contributed by atoms with Gasteiger partial charge in [0, 0.05) is 20.0 Å². The van der Waals surface area contributed by atoms with E-state index in [2.05, 4.69) is 35.6 Å². The third-order valence-electron chi connectivity index (χ3n) is 4.07. The first-order valence-electron chi connectivity index (χ1n) is 7.94. The molecule has 0 spiro atoms. The minimum absolute atomic E-state index is 0.224. The normalized spacial score (nSPS) is 15.6. The van der Waals surface area contributed by atoms with Gasteiger partial charge in [0.2, 0.25) is 0 Å². The van der Waals surface area contributed by atoms with Gasteiger partial charge in [0.1, 0.15) is 12.2 Å². The van der Waals surface area contributed by atoms with Crippen molar-refractivity contribution in [3.05, 3.63) is 23.8 Å². The topological polar surface area (TPSA) is 103 Å². The molecule has 23 heavy (non-hydrogen) atoms. The van der Waals surface area contributed by atoms with Crippen molar-refractivity contribution in [2.24, 2.45) is 7.05 Å². The zero-order chi connectivity index (χ0) is 16.2. The second-order valence-electron chi connectivity index (χ2n) is 5.84. The number of aryl methyl sites for hydroxylation is 2. The van der Waals surface area contributed by atoms with Crippen molar-refractivity contribution in [2.45, 2.75) is 51.7 Å². The van der Waals surface area contributed by atoms with Crippen LogP contribution in [0.1, 0.15) is 49.7 Å². The number of fused-ring (bicyclic) bond motifs is 1. The van der Waals surface area contributed by atoms with Crippen LogP contribution in [0.5, 0.6) is 0 Å². The van der Waals surface area contributed by atoms with Crippen LogP contribution >= 0.6 is 0 Å². The van der Waals surface area contributed by atoms with E-state index in [1.165, 1.54) is 6.42 Å². The van der Waals surface area contributed by atoms with E-state index in [0.717, 1.165) is 37.5 Å². The highest BCUT2D eigenvalue weighted by Gasteiger charge is 2.17. The molecule has 9 nitrogen and oxygen atoms in total. The summed E-state index contributed by atoms with van der Waals surface area (Å²) in [5.74, 6) is 2.53. The lowest BCUT2D eigenvalue weighted by molar-refractivity contribution is 0.236. The summed E-state index contributed by atoms with van der Waals surface area (Å²) in [6.45, 7) is 3.16. The van der Waals surface area contributed by atoms with Gasteiger partial charge in [-0.1, -0.05) is 6.42 Å². The Morgan fingerprint density at radius 2 is 2.17 bits per heavy atom. The minimum Gasteiger partial charge on any atom is -0.331 e. The number of urea groups is 1. The standard InChI is InChI=1S/C14H22N8O/c1-10(13-20-16-9-21(13)2)17-14(23)15-8-12-19-18-11-6-4-3-5-7-22(11)12/h9-10H,3-8H2,1-2H3,(H2,15,17,23). The van der Waals surface area contributed by atoms with Gasteiger partial charge < -0.3 is 19.8 Å². The Hall–Kier alpha value is -2.45. The second kappa shape index (κ2) is 6.76. The molecule has 2 amide bonds. The third kappa shape index (κ3) is 3.49. The number of hydrogen-bond acceptors (Lipinski definition) is 5. The molecule has 1 aliphatic rings. The van der Waals surface area contributed by atoms with Gasteiger partial charge in [-0.25, -0.2) is 4.79 Å². The van der Waals surface area contributed by atoms with Crippen LogP contribution in [-0.4, -0.2) is 35.6 Å². The van der Waals surface area contributed by atoms with E-state index < -0.39 is 0 Å². The summed E-state index contributed by atoms with van der Waals surface area (Å²) in [6.07, 6.45) is 6.07. The van der Waals surface area contributed by atoms with E-state index in [9.17, 15) is 4.79 Å². The van der Waals surface area contributed by atoms with E-state index in [4.69, 9.17) is 0 Å². The number of hydrogen-bond donors (Lipinski definition) is 2. The second-order valence-corrected chi connectivity index (χ2v) is 5.84. The van der Waals surface area contributed by atoms with E-state index in [0.29, 0.717) is 12.4 Å². The molecule has 2 aromatic rings. The van der Waals surface area contributed by atoms with Gasteiger partial charge in [-0.05, 0) is 19.8 Å². The predicted octanol–water partition coefficient (Wildman–Crippen LogP) is 0.693. The van der Waals surface area contributed by atoms with Crippen LogP contribution < -0.4 is 10.6 Å². The number of rotatable bonds is 4. The van der Waals surface area contributed by atoms with Crippen LogP contribution in [0, 0.1) is 0 Å². The highest BCUT2D eigenvalue weighted by Crippen LogP contribution is 2.14. The zero-order valence-electron chi connectivity index (χ0n) is 13.5. The van der Waals surface area contributed by atoms with Crippen LogP contribution in [0.15, 0.2) is 6.33 Å². The fourth-order valence-electron chi connectivity index (χ4n) is 2.83. The summed E-state index contributed by atoms with van der Waals surface area (Å²) in [4.78, 5) is 12.1. The highest BCUT2D eigenvalue weighted by molar-refractivity contribution is 5.74. The van der Waals surface area contributed by atoms with Crippen LogP contribution in [0.2, 0.25) is 0 Å². The molecule has 0 fully saturated rings. The van der Waals surface area contributed by atoms with Gasteiger partial charge in [-0.15, -0.1) is 20.4 Å². The smallest absolute Gasteiger partial charge is 0.315 e. The number of nitrogens with zero attached hydrogens (tertiary/aromatic N) is 6. The molecule has 1 aliphatic heterocycles. The molecule has 1 unspecified atom stereocenters. The summed E-state index contributed by atoms with van der Waals surface area (Å²) < 4.78 is 3.91. The molecule has 0 aromatic carbocycles. The van der Waals surface area contributed by atoms with Crippen molar-refractivity contribution >= 4 is 6.03 Å². The monoisotopic (exact) mass is 318 g/mol. The Bertz CT molecular complexity index is 676. The molecule has 0 bridgehead atoms. The van der Waals surface area contributed by atoms with Crippen molar-refractivity contribution in [3.63, 3.8) is 0 Å². The van der Waals surface area contributed by atoms with Crippen LogP contribution in [0.3, 0.4) is 0 Å². The molecule has 3 heterocycles. The Balaban J connectivity index is 1.55. The minimum atomic E-state index is -0.258. The van der Waals surface area contributed by atoms with Crippen molar-refractivity contribution in [3.8, 4) is 0 Å². The van der Waals surface area contributed by atoms with Gasteiger partial charge in [0.05, 0.1) is 12.6 Å². The zero-order valence-corrected chi connectivity index (χ0v) is 13.5. The number of carbonyl (C=O) groups is 1. The quantitative estimate of drug-likeness (QED) is 0.863. The van der Waals surface area contributed by atoms with Gasteiger partial charge in [-0.2, -0.15) is 0 Å². The van der Waals surface area contributed by atoms with E-state index in [-0.39, 0.29) is 12.1 Å². The van der Waals surface area contributed by atoms with Gasteiger partial charge in [0.25, 0.3) is 0 Å². The van der Waals surface area contributed by atoms with Crippen molar-refractivity contribution < 1.29 is 4.79 Å². The Morgan fingerprint density at radius 3 is 2.96 bits per heavy atom. The molecule has 3 rings (SSSR count). The van der Waals surface area contributed by atoms with E-state index in [1.807, 2.05) is 14.0 Å². The molecule has 0 aliphatic carbocycles. The SMILES string of the molecule is CC(NC(=O)NCc1nnc2n1CCCCC2)c1nncn1C.